The van der Waals surface area contributed by atoms with Crippen molar-refractivity contribution in [3.8, 4) is 0 Å². The molecule has 0 unspecified atom stereocenters. The fourth-order valence-electron chi connectivity index (χ4n) is 2.80. The Hall–Kier alpha value is -0.280. The Bertz CT molecular complexity index is 250. The van der Waals surface area contributed by atoms with Crippen molar-refractivity contribution in [2.75, 3.05) is 6.54 Å². The number of amides is 1. The zero-order valence-electron chi connectivity index (χ0n) is 12.1. The van der Waals surface area contributed by atoms with Crippen LogP contribution >= 0.6 is 12.4 Å². The van der Waals surface area contributed by atoms with Crippen molar-refractivity contribution in [1.82, 2.24) is 5.32 Å². The normalized spacial score (nSPS) is 18.2. The van der Waals surface area contributed by atoms with E-state index in [4.69, 9.17) is 5.73 Å². The van der Waals surface area contributed by atoms with E-state index in [2.05, 4.69) is 26.1 Å². The third-order valence-electron chi connectivity index (χ3n) is 4.82. The second kappa shape index (κ2) is 7.34. The molecule has 0 spiro atoms. The summed E-state index contributed by atoms with van der Waals surface area (Å²) in [5.41, 5.74) is 5.82. The molecule has 0 bridgehead atoms. The van der Waals surface area contributed by atoms with Crippen LogP contribution in [0.5, 0.6) is 0 Å². The van der Waals surface area contributed by atoms with E-state index in [0.29, 0.717) is 0 Å². The molecule has 3 N–H and O–H groups in total. The Morgan fingerprint density at radius 1 is 1.17 bits per heavy atom. The molecular formula is C14H29ClN2O. The highest BCUT2D eigenvalue weighted by molar-refractivity contribution is 5.86. The maximum atomic E-state index is 12.1. The standard InChI is InChI=1S/C14H28N2O.ClH/c1-4-13(5-2,6-3)11-16-12(17)14(15)9-7-8-10-14;/h4-11,15H2,1-3H3,(H,16,17);1H. The molecule has 0 aromatic carbocycles. The summed E-state index contributed by atoms with van der Waals surface area (Å²) in [4.78, 5) is 12.1. The molecule has 108 valence electrons. The van der Waals surface area contributed by atoms with Gasteiger partial charge in [0.15, 0.2) is 0 Å². The Labute approximate surface area is 118 Å². The molecule has 1 saturated carbocycles. The zero-order chi connectivity index (χ0) is 12.9. The first-order chi connectivity index (χ1) is 8.02. The summed E-state index contributed by atoms with van der Waals surface area (Å²) in [5, 5.41) is 3.09. The van der Waals surface area contributed by atoms with Crippen LogP contribution in [0.1, 0.15) is 65.7 Å². The van der Waals surface area contributed by atoms with E-state index in [-0.39, 0.29) is 23.7 Å². The Kier molecular flexibility index (Phi) is 7.23. The van der Waals surface area contributed by atoms with E-state index in [0.717, 1.165) is 51.5 Å². The molecule has 0 saturated heterocycles. The second-order valence-electron chi connectivity index (χ2n) is 5.61. The van der Waals surface area contributed by atoms with Gasteiger partial charge in [-0.25, -0.2) is 0 Å². The first-order valence-corrected chi connectivity index (χ1v) is 7.09. The van der Waals surface area contributed by atoms with Gasteiger partial charge in [-0.15, -0.1) is 12.4 Å². The molecule has 0 heterocycles. The molecule has 1 amide bonds. The largest absolute Gasteiger partial charge is 0.354 e. The molecule has 3 nitrogen and oxygen atoms in total. The van der Waals surface area contributed by atoms with Gasteiger partial charge in [0, 0.05) is 6.54 Å². The Morgan fingerprint density at radius 2 is 1.61 bits per heavy atom. The van der Waals surface area contributed by atoms with Crippen molar-refractivity contribution in [1.29, 1.82) is 0 Å². The van der Waals surface area contributed by atoms with Crippen LogP contribution in [-0.4, -0.2) is 18.0 Å². The van der Waals surface area contributed by atoms with Crippen LogP contribution in [0, 0.1) is 5.41 Å². The van der Waals surface area contributed by atoms with Gasteiger partial charge >= 0.3 is 0 Å². The number of carbonyl (C=O) groups is 1. The van der Waals surface area contributed by atoms with Crippen molar-refractivity contribution in [3.05, 3.63) is 0 Å². The summed E-state index contributed by atoms with van der Waals surface area (Å²) < 4.78 is 0. The highest BCUT2D eigenvalue weighted by atomic mass is 35.5. The average Bonchev–Trinajstić information content (AvgIpc) is 2.80. The quantitative estimate of drug-likeness (QED) is 0.784. The lowest BCUT2D eigenvalue weighted by Gasteiger charge is -2.32. The smallest absolute Gasteiger partial charge is 0.240 e. The number of hydrogen-bond acceptors (Lipinski definition) is 2. The average molecular weight is 277 g/mol. The number of nitrogens with one attached hydrogen (secondary N) is 1. The van der Waals surface area contributed by atoms with E-state index in [9.17, 15) is 4.79 Å². The summed E-state index contributed by atoms with van der Waals surface area (Å²) in [7, 11) is 0. The van der Waals surface area contributed by atoms with Crippen LogP contribution in [0.2, 0.25) is 0 Å². The number of halogens is 1. The molecule has 0 aromatic heterocycles. The van der Waals surface area contributed by atoms with Crippen molar-refractivity contribution in [3.63, 3.8) is 0 Å². The molecule has 1 aliphatic rings. The van der Waals surface area contributed by atoms with Gasteiger partial charge in [-0.1, -0.05) is 33.6 Å². The van der Waals surface area contributed by atoms with Gasteiger partial charge in [0.25, 0.3) is 0 Å². The van der Waals surface area contributed by atoms with Crippen molar-refractivity contribution in [2.45, 2.75) is 71.3 Å². The summed E-state index contributed by atoms with van der Waals surface area (Å²) in [6, 6.07) is 0. The molecule has 18 heavy (non-hydrogen) atoms. The van der Waals surface area contributed by atoms with Gasteiger partial charge in [0.1, 0.15) is 0 Å². The van der Waals surface area contributed by atoms with E-state index < -0.39 is 5.54 Å². The second-order valence-corrected chi connectivity index (χ2v) is 5.61. The summed E-state index contributed by atoms with van der Waals surface area (Å²) in [6.07, 6.45) is 7.19. The van der Waals surface area contributed by atoms with Gasteiger partial charge in [0.05, 0.1) is 5.54 Å². The molecule has 1 rings (SSSR count). The van der Waals surface area contributed by atoms with Gasteiger partial charge in [-0.05, 0) is 37.5 Å². The Morgan fingerprint density at radius 3 is 2.00 bits per heavy atom. The molecular weight excluding hydrogens is 248 g/mol. The third-order valence-corrected chi connectivity index (χ3v) is 4.82. The fraction of sp³-hybridized carbons (Fsp3) is 0.929. The molecule has 0 aromatic rings. The van der Waals surface area contributed by atoms with Crippen molar-refractivity contribution in [2.24, 2.45) is 11.1 Å². The molecule has 0 aliphatic heterocycles. The Balaban J connectivity index is 0.00000289. The van der Waals surface area contributed by atoms with Gasteiger partial charge in [0.2, 0.25) is 5.91 Å². The van der Waals surface area contributed by atoms with Crippen LogP contribution < -0.4 is 11.1 Å². The minimum atomic E-state index is -0.582. The van der Waals surface area contributed by atoms with E-state index >= 15 is 0 Å². The first-order valence-electron chi connectivity index (χ1n) is 7.09. The number of nitrogens with two attached hydrogens (primary N) is 1. The van der Waals surface area contributed by atoms with Crippen molar-refractivity contribution >= 4 is 18.3 Å². The highest BCUT2D eigenvalue weighted by Gasteiger charge is 2.37. The van der Waals surface area contributed by atoms with Crippen LogP contribution in [0.4, 0.5) is 0 Å². The molecule has 0 radical (unpaired) electrons. The lowest BCUT2D eigenvalue weighted by Crippen LogP contribution is -2.53. The maximum Gasteiger partial charge on any atom is 0.240 e. The van der Waals surface area contributed by atoms with Gasteiger partial charge in [-0.2, -0.15) is 0 Å². The van der Waals surface area contributed by atoms with Crippen LogP contribution in [0.3, 0.4) is 0 Å². The predicted molar refractivity (Wildman–Crippen MR) is 79.0 cm³/mol. The fourth-order valence-corrected chi connectivity index (χ4v) is 2.80. The number of rotatable bonds is 6. The maximum absolute atomic E-state index is 12.1. The lowest BCUT2D eigenvalue weighted by atomic mass is 9.79. The summed E-state index contributed by atoms with van der Waals surface area (Å²) >= 11 is 0. The molecule has 1 aliphatic carbocycles. The van der Waals surface area contributed by atoms with Crippen LogP contribution in [0.15, 0.2) is 0 Å². The van der Waals surface area contributed by atoms with E-state index in [1.165, 1.54) is 0 Å². The van der Waals surface area contributed by atoms with Crippen LogP contribution in [-0.2, 0) is 4.79 Å². The number of carbonyl (C=O) groups excluding carboxylic acids is 1. The number of hydrogen-bond donors (Lipinski definition) is 2. The highest BCUT2D eigenvalue weighted by Crippen LogP contribution is 2.31. The summed E-state index contributed by atoms with van der Waals surface area (Å²) in [5.74, 6) is 0.0646. The SMILES string of the molecule is CCC(CC)(CC)CNC(=O)C1(N)CCCC1.Cl. The minimum absolute atomic E-state index is 0. The molecule has 1 fully saturated rings. The first kappa shape index (κ1) is 17.7. The molecule has 4 heteroatoms. The third kappa shape index (κ3) is 3.86. The monoisotopic (exact) mass is 276 g/mol. The lowest BCUT2D eigenvalue weighted by molar-refractivity contribution is -0.126. The van der Waals surface area contributed by atoms with Gasteiger partial charge < -0.3 is 11.1 Å². The topological polar surface area (TPSA) is 55.1 Å². The van der Waals surface area contributed by atoms with Crippen LogP contribution in [0.25, 0.3) is 0 Å². The zero-order valence-corrected chi connectivity index (χ0v) is 12.9. The van der Waals surface area contributed by atoms with E-state index in [1.54, 1.807) is 0 Å². The van der Waals surface area contributed by atoms with Gasteiger partial charge in [-0.3, -0.25) is 4.79 Å². The predicted octanol–water partition coefficient (Wildman–Crippen LogP) is 3.01. The minimum Gasteiger partial charge on any atom is -0.354 e. The molecule has 0 atom stereocenters. The summed E-state index contributed by atoms with van der Waals surface area (Å²) in [6.45, 7) is 7.38. The van der Waals surface area contributed by atoms with Crippen molar-refractivity contribution < 1.29 is 4.79 Å². The van der Waals surface area contributed by atoms with E-state index in [1.807, 2.05) is 0 Å².